The molecule has 1 spiro atoms. The number of ketones is 1. The maximum atomic E-state index is 14.6. The first kappa shape index (κ1) is 37.3. The number of Topliss-reactive ketones (excluding diaryl/α,β-unsaturated/α-hetero) is 1. The number of benzene rings is 1. The average Bonchev–Trinajstić information content (AvgIpc) is 3.73. The third kappa shape index (κ3) is 9.62. The molecule has 12 heteroatoms. The molecule has 5 N–H and O–H groups in total. The highest BCUT2D eigenvalue weighted by Gasteiger charge is 2.54. The van der Waals surface area contributed by atoms with Crippen molar-refractivity contribution in [2.75, 3.05) is 6.54 Å². The molecule has 49 heavy (non-hydrogen) atoms. The van der Waals surface area contributed by atoms with Crippen LogP contribution in [0.4, 0.5) is 0 Å². The largest absolute Gasteiger partial charge is 0.379 e. The molecule has 3 amide bonds. The predicted molar refractivity (Wildman–Crippen MR) is 188 cm³/mol. The van der Waals surface area contributed by atoms with Gasteiger partial charge in [0.05, 0.1) is 24.3 Å². The second kappa shape index (κ2) is 15.9. The molecule has 270 valence electrons. The minimum Gasteiger partial charge on any atom is -0.379 e. The van der Waals surface area contributed by atoms with Crippen LogP contribution in [0, 0.1) is 11.3 Å². The zero-order chi connectivity index (χ0) is 35.3. The molecular weight excluding hydrogens is 646 g/mol. The van der Waals surface area contributed by atoms with Crippen molar-refractivity contribution >= 4 is 40.8 Å². The number of carbonyl (C=O) groups is 4. The Morgan fingerprint density at radius 1 is 1.10 bits per heavy atom. The van der Waals surface area contributed by atoms with Crippen LogP contribution >= 0.6 is 11.6 Å². The zero-order valence-electron chi connectivity index (χ0n) is 29.4. The van der Waals surface area contributed by atoms with Crippen LogP contribution in [-0.4, -0.2) is 76.1 Å². The maximum absolute atomic E-state index is 14.6. The van der Waals surface area contributed by atoms with E-state index >= 15 is 0 Å². The Kier molecular flexibility index (Phi) is 12.1. The van der Waals surface area contributed by atoms with Crippen LogP contribution in [0.15, 0.2) is 30.3 Å². The average molecular weight is 700 g/mol. The van der Waals surface area contributed by atoms with E-state index in [1.807, 2.05) is 45.9 Å². The molecule has 2 aliphatic heterocycles. The smallest absolute Gasteiger partial charge is 0.289 e. The van der Waals surface area contributed by atoms with Gasteiger partial charge in [0, 0.05) is 23.0 Å². The summed E-state index contributed by atoms with van der Waals surface area (Å²) in [5, 5.41) is 20.6. The fourth-order valence-corrected chi connectivity index (χ4v) is 7.51. The molecular formula is C37H54ClN5O6. The summed E-state index contributed by atoms with van der Waals surface area (Å²) in [6.45, 7) is 7.73. The highest BCUT2D eigenvalue weighted by Crippen LogP contribution is 2.39. The van der Waals surface area contributed by atoms with Gasteiger partial charge in [-0.1, -0.05) is 96.4 Å². The van der Waals surface area contributed by atoms with Crippen LogP contribution in [0.3, 0.4) is 0 Å². The number of aliphatic hydroxyl groups is 1. The van der Waals surface area contributed by atoms with Crippen LogP contribution in [0.25, 0.3) is 5.70 Å². The number of rotatable bonds is 13. The van der Waals surface area contributed by atoms with E-state index in [0.29, 0.717) is 29.5 Å². The van der Waals surface area contributed by atoms with E-state index < -0.39 is 53.0 Å². The summed E-state index contributed by atoms with van der Waals surface area (Å²) in [7, 11) is 0. The molecule has 2 saturated carbocycles. The second-order valence-corrected chi connectivity index (χ2v) is 16.0. The van der Waals surface area contributed by atoms with Crippen LogP contribution in [0.5, 0.6) is 0 Å². The van der Waals surface area contributed by atoms with E-state index in [9.17, 15) is 24.3 Å². The number of likely N-dealkylation sites (tertiary alicyclic amines) is 1. The lowest BCUT2D eigenvalue weighted by Crippen LogP contribution is -2.59. The fourth-order valence-electron chi connectivity index (χ4n) is 7.32. The first-order valence-corrected chi connectivity index (χ1v) is 18.5. The van der Waals surface area contributed by atoms with Gasteiger partial charge in [-0.05, 0) is 55.2 Å². The van der Waals surface area contributed by atoms with E-state index in [0.717, 1.165) is 44.1 Å². The Hall–Kier alpha value is -2.99. The Morgan fingerprint density at radius 3 is 2.45 bits per heavy atom. The number of carbonyl (C=O) groups excluding carboxylic acids is 4. The number of hydroxylamine groups is 1. The third-order valence-corrected chi connectivity index (χ3v) is 10.4. The molecule has 1 aromatic carbocycles. The quantitative estimate of drug-likeness (QED) is 0.116. The molecule has 0 radical (unpaired) electrons. The first-order valence-electron chi connectivity index (χ1n) is 18.1. The van der Waals surface area contributed by atoms with Gasteiger partial charge < -0.3 is 20.6 Å². The Morgan fingerprint density at radius 2 is 1.82 bits per heavy atom. The van der Waals surface area contributed by atoms with E-state index in [1.54, 1.807) is 12.1 Å². The molecule has 0 aromatic heterocycles. The molecule has 1 aromatic rings. The maximum Gasteiger partial charge on any atom is 0.289 e. The molecule has 2 heterocycles. The third-order valence-electron chi connectivity index (χ3n) is 10.2. The van der Waals surface area contributed by atoms with Gasteiger partial charge in [-0.15, -0.1) is 0 Å². The lowest BCUT2D eigenvalue weighted by molar-refractivity contribution is -0.145. The molecule has 5 rings (SSSR count). The molecule has 5 atom stereocenters. The van der Waals surface area contributed by atoms with Crippen LogP contribution < -0.4 is 21.4 Å². The lowest BCUT2D eigenvalue weighted by atomic mass is 9.85. The zero-order valence-corrected chi connectivity index (χ0v) is 30.1. The number of nitrogens with zero attached hydrogens (tertiary/aromatic N) is 1. The number of amides is 3. The molecule has 2 aliphatic carbocycles. The summed E-state index contributed by atoms with van der Waals surface area (Å²) in [5.74, 6) is -1.88. The van der Waals surface area contributed by atoms with Gasteiger partial charge in [-0.2, -0.15) is 0 Å². The van der Waals surface area contributed by atoms with Crippen LogP contribution in [-0.2, 0) is 24.0 Å². The second-order valence-electron chi connectivity index (χ2n) is 15.6. The van der Waals surface area contributed by atoms with Crippen molar-refractivity contribution in [3.05, 3.63) is 40.9 Å². The SMILES string of the molecule is CCC[C@H](NC(=O)[C@@H]1C[C@]2(C=C(c3cccc(Cl)c3)NO2)CN1C(=O)[C@@H](N[C@@H](O)CC1CCCCCC1)C(C)(C)C)C(=O)C(=O)NC1CC1. The number of halogens is 1. The molecule has 4 aliphatic rings. The van der Waals surface area contributed by atoms with Crippen molar-refractivity contribution in [3.63, 3.8) is 0 Å². The summed E-state index contributed by atoms with van der Waals surface area (Å²) >= 11 is 6.26. The van der Waals surface area contributed by atoms with Crippen molar-refractivity contribution in [2.45, 2.75) is 141 Å². The normalized spacial score (nSPS) is 24.8. The fraction of sp³-hybridized carbons (Fsp3) is 0.676. The highest BCUT2D eigenvalue weighted by molar-refractivity contribution is 6.38. The standard InChI is InChI=1S/C37H54ClN5O6/c1-5-11-27(31(45)34(47)39-26-16-17-26)40-33(46)29-21-37(20-28(42-49-37)24-14-10-15-25(38)19-24)22-43(29)35(48)32(36(2,3)4)41-30(44)18-23-12-8-6-7-9-13-23/h10,14-15,19-20,23,26-27,29-30,32,41-42,44H,5-9,11-13,16-18,21-22H2,1-4H3,(H,39,47)(H,40,46)/t27-,29-,30-,32+,37+/m0/s1. The van der Waals surface area contributed by atoms with Crippen molar-refractivity contribution in [2.24, 2.45) is 11.3 Å². The lowest BCUT2D eigenvalue weighted by Gasteiger charge is -2.37. The predicted octanol–water partition coefficient (Wildman–Crippen LogP) is 4.37. The van der Waals surface area contributed by atoms with Gasteiger partial charge in [-0.25, -0.2) is 0 Å². The summed E-state index contributed by atoms with van der Waals surface area (Å²) in [6.07, 6.45) is 11.0. The summed E-state index contributed by atoms with van der Waals surface area (Å²) in [4.78, 5) is 62.3. The number of hydrogen-bond donors (Lipinski definition) is 5. The molecule has 1 saturated heterocycles. The molecule has 0 unspecified atom stereocenters. The minimum absolute atomic E-state index is 0.00413. The highest BCUT2D eigenvalue weighted by atomic mass is 35.5. The molecule has 11 nitrogen and oxygen atoms in total. The summed E-state index contributed by atoms with van der Waals surface area (Å²) < 4.78 is 0. The summed E-state index contributed by atoms with van der Waals surface area (Å²) in [5.41, 5.74) is 2.77. The van der Waals surface area contributed by atoms with E-state index in [2.05, 4.69) is 21.4 Å². The van der Waals surface area contributed by atoms with E-state index in [-0.39, 0.29) is 31.3 Å². The number of nitrogens with one attached hydrogen (secondary N) is 4. The molecule has 0 bridgehead atoms. The van der Waals surface area contributed by atoms with Crippen molar-refractivity contribution in [3.8, 4) is 0 Å². The topological polar surface area (TPSA) is 149 Å². The van der Waals surface area contributed by atoms with Gasteiger partial charge in [0.1, 0.15) is 17.9 Å². The van der Waals surface area contributed by atoms with Crippen molar-refractivity contribution in [1.29, 1.82) is 0 Å². The van der Waals surface area contributed by atoms with Crippen molar-refractivity contribution < 1.29 is 29.1 Å². The van der Waals surface area contributed by atoms with Gasteiger partial charge in [0.2, 0.25) is 17.6 Å². The van der Waals surface area contributed by atoms with Gasteiger partial charge in [0.15, 0.2) is 0 Å². The van der Waals surface area contributed by atoms with Gasteiger partial charge in [0.25, 0.3) is 5.91 Å². The summed E-state index contributed by atoms with van der Waals surface area (Å²) in [6, 6.07) is 4.45. The Labute approximate surface area is 295 Å². The van der Waals surface area contributed by atoms with Gasteiger partial charge >= 0.3 is 0 Å². The van der Waals surface area contributed by atoms with Crippen molar-refractivity contribution in [1.82, 2.24) is 26.3 Å². The molecule has 3 fully saturated rings. The van der Waals surface area contributed by atoms with E-state index in [4.69, 9.17) is 16.4 Å². The monoisotopic (exact) mass is 699 g/mol. The van der Waals surface area contributed by atoms with Crippen LogP contribution in [0.1, 0.15) is 110 Å². The Balaban J connectivity index is 1.40. The van der Waals surface area contributed by atoms with Crippen LogP contribution in [0.2, 0.25) is 5.02 Å². The number of hydrogen-bond acceptors (Lipinski definition) is 8. The minimum atomic E-state index is -1.05. The number of aliphatic hydroxyl groups excluding tert-OH is 1. The van der Waals surface area contributed by atoms with E-state index in [1.165, 1.54) is 17.7 Å². The van der Waals surface area contributed by atoms with Gasteiger partial charge in [-0.3, -0.25) is 34.8 Å². The Bertz CT molecular complexity index is 1400. The first-order chi connectivity index (χ1) is 23.3.